The quantitative estimate of drug-likeness (QED) is 0.800. The van der Waals surface area contributed by atoms with Gasteiger partial charge in [0, 0.05) is 0 Å². The van der Waals surface area contributed by atoms with Crippen molar-refractivity contribution in [1.82, 2.24) is 0 Å². The first-order valence-electron chi connectivity index (χ1n) is 5.07. The summed E-state index contributed by atoms with van der Waals surface area (Å²) in [5.74, 6) is 0.497. The minimum absolute atomic E-state index is 0.262. The molecule has 0 unspecified atom stereocenters. The van der Waals surface area contributed by atoms with Gasteiger partial charge in [-0.05, 0) is 30.0 Å². The second-order valence-electron chi connectivity index (χ2n) is 3.54. The molecule has 5 heteroatoms. The molecule has 0 bridgehead atoms. The topological polar surface area (TPSA) is 63.6 Å². The maximum Gasteiger partial charge on any atom is 0.265 e. The Bertz CT molecular complexity index is 451. The van der Waals surface area contributed by atoms with Gasteiger partial charge < -0.3 is 4.74 Å². The molecule has 1 rings (SSSR count). The zero-order valence-corrected chi connectivity index (χ0v) is 10.3. The van der Waals surface area contributed by atoms with E-state index in [2.05, 4.69) is 0 Å². The van der Waals surface area contributed by atoms with Gasteiger partial charge in [-0.3, -0.25) is 4.55 Å². The van der Waals surface area contributed by atoms with Gasteiger partial charge >= 0.3 is 0 Å². The highest BCUT2D eigenvalue weighted by Gasteiger charge is 2.07. The summed E-state index contributed by atoms with van der Waals surface area (Å²) in [6.45, 7) is 2.02. The van der Waals surface area contributed by atoms with Gasteiger partial charge in [0.15, 0.2) is 0 Å². The van der Waals surface area contributed by atoms with E-state index in [1.54, 1.807) is 7.11 Å². The molecule has 0 heterocycles. The summed E-state index contributed by atoms with van der Waals surface area (Å²) < 4.78 is 35.1. The molecular weight excluding hydrogens is 228 g/mol. The third-order valence-corrected chi connectivity index (χ3v) is 3.10. The summed E-state index contributed by atoms with van der Waals surface area (Å²) in [5, 5.41) is 0. The van der Waals surface area contributed by atoms with Gasteiger partial charge in [0.1, 0.15) is 5.75 Å². The van der Waals surface area contributed by atoms with Crippen molar-refractivity contribution < 1.29 is 17.7 Å². The fraction of sp³-hybridized carbons (Fsp3) is 0.455. The van der Waals surface area contributed by atoms with E-state index in [9.17, 15) is 8.42 Å². The molecule has 0 atom stereocenters. The first kappa shape index (κ1) is 13.0. The van der Waals surface area contributed by atoms with Crippen LogP contribution in [0, 0.1) is 0 Å². The van der Waals surface area contributed by atoms with Crippen LogP contribution in [-0.2, 0) is 23.0 Å². The first-order chi connectivity index (χ1) is 7.46. The van der Waals surface area contributed by atoms with Crippen molar-refractivity contribution in [1.29, 1.82) is 0 Å². The molecule has 0 aliphatic carbocycles. The molecule has 0 spiro atoms. The van der Waals surface area contributed by atoms with Gasteiger partial charge in [0.05, 0.1) is 12.9 Å². The molecule has 0 saturated carbocycles. The van der Waals surface area contributed by atoms with E-state index in [0.717, 1.165) is 23.3 Å². The minimum Gasteiger partial charge on any atom is -0.496 e. The molecular formula is C11H16O4S. The van der Waals surface area contributed by atoms with Gasteiger partial charge in [0.25, 0.3) is 10.1 Å². The van der Waals surface area contributed by atoms with Crippen molar-refractivity contribution in [2.75, 3.05) is 12.9 Å². The first-order valence-corrected chi connectivity index (χ1v) is 6.68. The molecule has 1 aromatic rings. The summed E-state index contributed by atoms with van der Waals surface area (Å²) in [4.78, 5) is 0. The smallest absolute Gasteiger partial charge is 0.265 e. The predicted molar refractivity (Wildman–Crippen MR) is 62.5 cm³/mol. The third-order valence-electron chi connectivity index (χ3n) is 2.38. The molecule has 90 valence electrons. The van der Waals surface area contributed by atoms with Gasteiger partial charge in [-0.15, -0.1) is 0 Å². The molecule has 0 fully saturated rings. The van der Waals surface area contributed by atoms with Crippen molar-refractivity contribution in [3.05, 3.63) is 29.3 Å². The molecule has 0 saturated heterocycles. The predicted octanol–water partition coefficient (Wildman–Crippen LogP) is 1.69. The highest BCUT2D eigenvalue weighted by Crippen LogP contribution is 2.21. The molecule has 16 heavy (non-hydrogen) atoms. The van der Waals surface area contributed by atoms with Crippen LogP contribution in [0.25, 0.3) is 0 Å². The standard InChI is InChI=1S/C11H16O4S/c1-3-10-5-4-9(8-11(10)15-2)6-7-16(12,13)14/h4-5,8H,3,6-7H2,1-2H3,(H,12,13,14). The Morgan fingerprint density at radius 2 is 2.06 bits per heavy atom. The largest absolute Gasteiger partial charge is 0.496 e. The number of aryl methyl sites for hydroxylation is 2. The van der Waals surface area contributed by atoms with Crippen LogP contribution in [0.2, 0.25) is 0 Å². The maximum absolute atomic E-state index is 10.6. The van der Waals surface area contributed by atoms with Crippen LogP contribution < -0.4 is 4.74 Å². The lowest BCUT2D eigenvalue weighted by molar-refractivity contribution is 0.409. The van der Waals surface area contributed by atoms with Crippen molar-refractivity contribution in [2.45, 2.75) is 19.8 Å². The van der Waals surface area contributed by atoms with Crippen molar-refractivity contribution >= 4 is 10.1 Å². The van der Waals surface area contributed by atoms with Crippen LogP contribution in [0.5, 0.6) is 5.75 Å². The molecule has 1 N–H and O–H groups in total. The van der Waals surface area contributed by atoms with Crippen LogP contribution in [0.3, 0.4) is 0 Å². The molecule has 0 radical (unpaired) electrons. The number of hydrogen-bond acceptors (Lipinski definition) is 3. The summed E-state index contributed by atoms with van der Waals surface area (Å²) >= 11 is 0. The van der Waals surface area contributed by atoms with E-state index in [-0.39, 0.29) is 5.75 Å². The van der Waals surface area contributed by atoms with Crippen molar-refractivity contribution in [2.24, 2.45) is 0 Å². The molecule has 4 nitrogen and oxygen atoms in total. The van der Waals surface area contributed by atoms with Gasteiger partial charge in [-0.25, -0.2) is 0 Å². The molecule has 0 amide bonds. The zero-order chi connectivity index (χ0) is 12.2. The number of ether oxygens (including phenoxy) is 1. The highest BCUT2D eigenvalue weighted by molar-refractivity contribution is 7.85. The Kier molecular flexibility index (Phi) is 4.32. The zero-order valence-electron chi connectivity index (χ0n) is 9.43. The molecule has 0 aliphatic heterocycles. The van der Waals surface area contributed by atoms with Crippen LogP contribution in [0.4, 0.5) is 0 Å². The molecule has 1 aromatic carbocycles. The average Bonchev–Trinajstić information content (AvgIpc) is 2.25. The fourth-order valence-electron chi connectivity index (χ4n) is 1.48. The molecule has 0 aromatic heterocycles. The highest BCUT2D eigenvalue weighted by atomic mass is 32.2. The van der Waals surface area contributed by atoms with E-state index in [1.165, 1.54) is 0 Å². The second-order valence-corrected chi connectivity index (χ2v) is 5.11. The summed E-state index contributed by atoms with van der Waals surface area (Å²) in [6.07, 6.45) is 1.15. The molecule has 0 aliphatic rings. The SMILES string of the molecule is CCc1ccc(CCS(=O)(=O)O)cc1OC. The van der Waals surface area contributed by atoms with Gasteiger partial charge in [-0.1, -0.05) is 19.1 Å². The number of hydrogen-bond donors (Lipinski definition) is 1. The Balaban J connectivity index is 2.83. The summed E-state index contributed by atoms with van der Waals surface area (Å²) in [6, 6.07) is 5.58. The van der Waals surface area contributed by atoms with E-state index in [0.29, 0.717) is 6.42 Å². The fourth-order valence-corrected chi connectivity index (χ4v) is 1.98. The monoisotopic (exact) mass is 244 g/mol. The lowest BCUT2D eigenvalue weighted by atomic mass is 10.1. The Labute approximate surface area is 96.0 Å². The van der Waals surface area contributed by atoms with Crippen molar-refractivity contribution in [3.63, 3.8) is 0 Å². The van der Waals surface area contributed by atoms with Crippen molar-refractivity contribution in [3.8, 4) is 5.75 Å². The Hall–Kier alpha value is -1.07. The third kappa shape index (κ3) is 3.83. The van der Waals surface area contributed by atoms with E-state index in [4.69, 9.17) is 9.29 Å². The van der Waals surface area contributed by atoms with E-state index in [1.807, 2.05) is 25.1 Å². The number of benzene rings is 1. The second kappa shape index (κ2) is 5.32. The van der Waals surface area contributed by atoms with Crippen LogP contribution >= 0.6 is 0 Å². The summed E-state index contributed by atoms with van der Waals surface area (Å²) in [7, 11) is -2.31. The lowest BCUT2D eigenvalue weighted by Crippen LogP contribution is -2.06. The van der Waals surface area contributed by atoms with Gasteiger partial charge in [-0.2, -0.15) is 8.42 Å². The van der Waals surface area contributed by atoms with E-state index >= 15 is 0 Å². The summed E-state index contributed by atoms with van der Waals surface area (Å²) in [5.41, 5.74) is 1.92. The Morgan fingerprint density at radius 3 is 2.56 bits per heavy atom. The average molecular weight is 244 g/mol. The van der Waals surface area contributed by atoms with E-state index < -0.39 is 10.1 Å². The number of methoxy groups -OCH3 is 1. The number of rotatable bonds is 5. The Morgan fingerprint density at radius 1 is 1.38 bits per heavy atom. The van der Waals surface area contributed by atoms with Crippen LogP contribution in [0.1, 0.15) is 18.1 Å². The van der Waals surface area contributed by atoms with Crippen LogP contribution in [0.15, 0.2) is 18.2 Å². The van der Waals surface area contributed by atoms with Gasteiger partial charge in [0.2, 0.25) is 0 Å². The van der Waals surface area contributed by atoms with Crippen LogP contribution in [-0.4, -0.2) is 25.8 Å². The lowest BCUT2D eigenvalue weighted by Gasteiger charge is -2.08. The minimum atomic E-state index is -3.90. The maximum atomic E-state index is 10.6. The normalized spacial score (nSPS) is 11.4.